The maximum atomic E-state index is 11.7. The summed E-state index contributed by atoms with van der Waals surface area (Å²) in [6, 6.07) is 1.98. The summed E-state index contributed by atoms with van der Waals surface area (Å²) in [6.07, 6.45) is 0. The highest BCUT2D eigenvalue weighted by atomic mass is 16.2. The van der Waals surface area contributed by atoms with E-state index in [0.29, 0.717) is 6.54 Å². The normalized spacial score (nSPS) is 16.3. The number of piperazine rings is 1. The summed E-state index contributed by atoms with van der Waals surface area (Å²) in [4.78, 5) is 26.7. The number of likely N-dealkylation sites (N-methyl/N-ethyl adjacent to an activating group) is 1. The first kappa shape index (κ1) is 14.7. The third-order valence-corrected chi connectivity index (χ3v) is 3.48. The molecule has 1 aliphatic heterocycles. The molecule has 0 atom stereocenters. The molecule has 0 radical (unpaired) electrons. The molecule has 1 saturated heterocycles. The summed E-state index contributed by atoms with van der Waals surface area (Å²) in [5, 5.41) is 0. The average Bonchev–Trinajstić information content (AvgIpc) is 2.38. The van der Waals surface area contributed by atoms with Crippen LogP contribution in [-0.2, 0) is 4.79 Å². The van der Waals surface area contributed by atoms with Gasteiger partial charge >= 0.3 is 0 Å². The summed E-state index contributed by atoms with van der Waals surface area (Å²) >= 11 is 0. The first-order chi connectivity index (χ1) is 9.45. The van der Waals surface area contributed by atoms with Crippen LogP contribution in [0.4, 0.5) is 5.95 Å². The molecule has 0 aromatic carbocycles. The summed E-state index contributed by atoms with van der Waals surface area (Å²) < 4.78 is 0. The molecule has 1 aromatic heterocycles. The van der Waals surface area contributed by atoms with Crippen molar-refractivity contribution in [1.82, 2.24) is 19.8 Å². The number of hydrogen-bond acceptors (Lipinski definition) is 5. The van der Waals surface area contributed by atoms with E-state index >= 15 is 0 Å². The molecule has 0 spiro atoms. The second-order valence-electron chi connectivity index (χ2n) is 5.50. The Morgan fingerprint density at radius 3 is 2.20 bits per heavy atom. The van der Waals surface area contributed by atoms with Crippen molar-refractivity contribution in [1.29, 1.82) is 0 Å². The molecule has 1 amide bonds. The fourth-order valence-corrected chi connectivity index (χ4v) is 2.29. The zero-order chi connectivity index (χ0) is 14.7. The lowest BCUT2D eigenvalue weighted by atomic mass is 10.3. The van der Waals surface area contributed by atoms with Gasteiger partial charge in [-0.1, -0.05) is 0 Å². The molecule has 0 unspecified atom stereocenters. The highest BCUT2D eigenvalue weighted by Gasteiger charge is 2.21. The number of anilines is 1. The molecule has 20 heavy (non-hydrogen) atoms. The van der Waals surface area contributed by atoms with Gasteiger partial charge in [-0.25, -0.2) is 9.97 Å². The van der Waals surface area contributed by atoms with E-state index in [4.69, 9.17) is 0 Å². The van der Waals surface area contributed by atoms with E-state index in [1.807, 2.05) is 19.9 Å². The maximum Gasteiger partial charge on any atom is 0.236 e. The van der Waals surface area contributed by atoms with Crippen LogP contribution in [0.3, 0.4) is 0 Å². The monoisotopic (exact) mass is 277 g/mol. The van der Waals surface area contributed by atoms with Crippen LogP contribution in [0.25, 0.3) is 0 Å². The third-order valence-electron chi connectivity index (χ3n) is 3.48. The molecule has 0 N–H and O–H groups in total. The van der Waals surface area contributed by atoms with Crippen LogP contribution in [-0.4, -0.2) is 72.5 Å². The molecule has 2 rings (SSSR count). The van der Waals surface area contributed by atoms with E-state index < -0.39 is 0 Å². The minimum Gasteiger partial charge on any atom is -0.348 e. The molecular formula is C14H23N5O. The van der Waals surface area contributed by atoms with Crippen molar-refractivity contribution in [2.45, 2.75) is 13.8 Å². The predicted molar refractivity (Wildman–Crippen MR) is 78.9 cm³/mol. The average molecular weight is 277 g/mol. The van der Waals surface area contributed by atoms with Gasteiger partial charge in [-0.15, -0.1) is 0 Å². The molecule has 6 nitrogen and oxygen atoms in total. The van der Waals surface area contributed by atoms with E-state index in [2.05, 4.69) is 19.8 Å². The Labute approximate surface area is 120 Å². The van der Waals surface area contributed by atoms with Gasteiger partial charge in [0.2, 0.25) is 11.9 Å². The number of aryl methyl sites for hydroxylation is 2. The lowest BCUT2D eigenvalue weighted by molar-refractivity contribution is -0.129. The number of carbonyl (C=O) groups excluding carboxylic acids is 1. The Kier molecular flexibility index (Phi) is 4.54. The third kappa shape index (κ3) is 3.66. The van der Waals surface area contributed by atoms with Crippen LogP contribution < -0.4 is 4.90 Å². The number of amides is 1. The molecule has 1 aromatic rings. The zero-order valence-corrected chi connectivity index (χ0v) is 12.8. The van der Waals surface area contributed by atoms with Gasteiger partial charge in [0.1, 0.15) is 0 Å². The van der Waals surface area contributed by atoms with Crippen LogP contribution in [0.1, 0.15) is 11.4 Å². The fourth-order valence-electron chi connectivity index (χ4n) is 2.29. The second kappa shape index (κ2) is 6.17. The van der Waals surface area contributed by atoms with E-state index in [0.717, 1.165) is 43.5 Å². The minimum absolute atomic E-state index is 0.154. The number of hydrogen-bond donors (Lipinski definition) is 0. The van der Waals surface area contributed by atoms with E-state index in [1.165, 1.54) is 0 Å². The molecular weight excluding hydrogens is 254 g/mol. The van der Waals surface area contributed by atoms with Crippen LogP contribution >= 0.6 is 0 Å². The van der Waals surface area contributed by atoms with Crippen molar-refractivity contribution in [3.63, 3.8) is 0 Å². The Morgan fingerprint density at radius 2 is 1.70 bits per heavy atom. The second-order valence-corrected chi connectivity index (χ2v) is 5.50. The molecule has 1 fully saturated rings. The van der Waals surface area contributed by atoms with Crippen LogP contribution in [0.5, 0.6) is 0 Å². The zero-order valence-electron chi connectivity index (χ0n) is 12.8. The van der Waals surface area contributed by atoms with E-state index in [9.17, 15) is 4.79 Å². The quantitative estimate of drug-likeness (QED) is 0.795. The first-order valence-corrected chi connectivity index (χ1v) is 6.95. The summed E-state index contributed by atoms with van der Waals surface area (Å²) in [5.74, 6) is 0.960. The van der Waals surface area contributed by atoms with Crippen LogP contribution in [0, 0.1) is 13.8 Å². The predicted octanol–water partition coefficient (Wildman–Crippen LogP) is 0.304. The van der Waals surface area contributed by atoms with Gasteiger partial charge in [0, 0.05) is 51.7 Å². The number of aromatic nitrogens is 2. The minimum atomic E-state index is 0.154. The molecule has 1 aliphatic rings. The van der Waals surface area contributed by atoms with Crippen molar-refractivity contribution in [2.24, 2.45) is 0 Å². The van der Waals surface area contributed by atoms with Gasteiger partial charge in [0.05, 0.1) is 6.54 Å². The van der Waals surface area contributed by atoms with Gasteiger partial charge in [-0.2, -0.15) is 0 Å². The van der Waals surface area contributed by atoms with Crippen molar-refractivity contribution >= 4 is 11.9 Å². The van der Waals surface area contributed by atoms with Gasteiger partial charge in [0.25, 0.3) is 0 Å². The lowest BCUT2D eigenvalue weighted by Gasteiger charge is -2.34. The standard InChI is InChI=1S/C14H23N5O/c1-11-9-12(2)16-14(15-11)19-7-5-18(6-8-19)10-13(20)17(3)4/h9H,5-8,10H2,1-4H3. The van der Waals surface area contributed by atoms with Crippen molar-refractivity contribution in [3.05, 3.63) is 17.5 Å². The Bertz CT molecular complexity index is 460. The van der Waals surface area contributed by atoms with Crippen LogP contribution in [0.15, 0.2) is 6.07 Å². The SMILES string of the molecule is Cc1cc(C)nc(N2CCN(CC(=O)N(C)C)CC2)n1. The molecule has 0 aliphatic carbocycles. The van der Waals surface area contributed by atoms with E-state index in [-0.39, 0.29) is 5.91 Å². The molecule has 2 heterocycles. The summed E-state index contributed by atoms with van der Waals surface area (Å²) in [6.45, 7) is 7.95. The van der Waals surface area contributed by atoms with Crippen molar-refractivity contribution in [2.75, 3.05) is 51.7 Å². The lowest BCUT2D eigenvalue weighted by Crippen LogP contribution is -2.49. The Morgan fingerprint density at radius 1 is 1.15 bits per heavy atom. The summed E-state index contributed by atoms with van der Waals surface area (Å²) in [5.41, 5.74) is 2.00. The fraction of sp³-hybridized carbons (Fsp3) is 0.643. The molecule has 0 bridgehead atoms. The highest BCUT2D eigenvalue weighted by molar-refractivity contribution is 5.77. The van der Waals surface area contributed by atoms with Gasteiger partial charge < -0.3 is 9.80 Å². The largest absolute Gasteiger partial charge is 0.348 e. The first-order valence-electron chi connectivity index (χ1n) is 6.95. The van der Waals surface area contributed by atoms with Gasteiger partial charge in [-0.3, -0.25) is 9.69 Å². The summed E-state index contributed by atoms with van der Waals surface area (Å²) in [7, 11) is 3.59. The number of nitrogens with zero attached hydrogens (tertiary/aromatic N) is 5. The van der Waals surface area contributed by atoms with Gasteiger partial charge in [0.15, 0.2) is 0 Å². The maximum absolute atomic E-state index is 11.7. The van der Waals surface area contributed by atoms with Crippen molar-refractivity contribution < 1.29 is 4.79 Å². The van der Waals surface area contributed by atoms with E-state index in [1.54, 1.807) is 19.0 Å². The van der Waals surface area contributed by atoms with Gasteiger partial charge in [-0.05, 0) is 19.9 Å². The Balaban J connectivity index is 1.92. The van der Waals surface area contributed by atoms with Crippen molar-refractivity contribution in [3.8, 4) is 0 Å². The smallest absolute Gasteiger partial charge is 0.236 e. The Hall–Kier alpha value is -1.69. The van der Waals surface area contributed by atoms with Crippen LogP contribution in [0.2, 0.25) is 0 Å². The number of carbonyl (C=O) groups is 1. The molecule has 0 saturated carbocycles. The molecule has 6 heteroatoms. The number of rotatable bonds is 3. The topological polar surface area (TPSA) is 52.6 Å². The highest BCUT2D eigenvalue weighted by Crippen LogP contribution is 2.12. The molecule has 110 valence electrons.